The molecular weight excluding hydrogens is 278 g/mol. The van der Waals surface area contributed by atoms with E-state index < -0.39 is 0 Å². The molecule has 1 aliphatic heterocycles. The SMILES string of the molecule is C[C@H](CCO)NC(=O)NC1CCCN(Cc2ccccc2)C1. The van der Waals surface area contributed by atoms with Gasteiger partial charge in [-0.15, -0.1) is 0 Å². The maximum Gasteiger partial charge on any atom is 0.315 e. The molecule has 2 atom stereocenters. The number of likely N-dealkylation sites (tertiary alicyclic amines) is 1. The van der Waals surface area contributed by atoms with Crippen molar-refractivity contribution in [2.75, 3.05) is 19.7 Å². The average Bonchev–Trinajstić information content (AvgIpc) is 2.48. The largest absolute Gasteiger partial charge is 0.396 e. The lowest BCUT2D eigenvalue weighted by atomic mass is 10.0. The van der Waals surface area contributed by atoms with Crippen LogP contribution in [0.15, 0.2) is 30.3 Å². The third-order valence-electron chi connectivity index (χ3n) is 4.03. The van der Waals surface area contributed by atoms with Gasteiger partial charge >= 0.3 is 6.03 Å². The Morgan fingerprint density at radius 3 is 2.91 bits per heavy atom. The van der Waals surface area contributed by atoms with Crippen molar-refractivity contribution < 1.29 is 9.90 Å². The molecule has 1 unspecified atom stereocenters. The summed E-state index contributed by atoms with van der Waals surface area (Å²) in [6, 6.07) is 10.5. The van der Waals surface area contributed by atoms with Crippen molar-refractivity contribution in [2.45, 2.75) is 44.8 Å². The molecule has 1 aromatic rings. The van der Waals surface area contributed by atoms with E-state index in [-0.39, 0.29) is 24.7 Å². The highest BCUT2D eigenvalue weighted by Crippen LogP contribution is 2.13. The number of hydrogen-bond donors (Lipinski definition) is 3. The number of piperidine rings is 1. The molecule has 1 fully saturated rings. The van der Waals surface area contributed by atoms with E-state index in [0.717, 1.165) is 32.5 Å². The topological polar surface area (TPSA) is 64.6 Å². The van der Waals surface area contributed by atoms with Crippen molar-refractivity contribution in [1.82, 2.24) is 15.5 Å². The zero-order valence-electron chi connectivity index (χ0n) is 13.3. The molecule has 1 aliphatic rings. The van der Waals surface area contributed by atoms with Gasteiger partial charge in [0.25, 0.3) is 0 Å². The number of amides is 2. The molecule has 122 valence electrons. The highest BCUT2D eigenvalue weighted by Gasteiger charge is 2.21. The number of rotatable bonds is 6. The van der Waals surface area contributed by atoms with Gasteiger partial charge in [0, 0.05) is 31.8 Å². The van der Waals surface area contributed by atoms with E-state index in [1.807, 2.05) is 13.0 Å². The van der Waals surface area contributed by atoms with Crippen LogP contribution in [0.2, 0.25) is 0 Å². The molecule has 1 heterocycles. The minimum absolute atomic E-state index is 0.00554. The Labute approximate surface area is 132 Å². The van der Waals surface area contributed by atoms with Crippen LogP contribution < -0.4 is 10.6 Å². The van der Waals surface area contributed by atoms with Crippen LogP contribution in [-0.2, 0) is 6.54 Å². The number of carbonyl (C=O) groups is 1. The summed E-state index contributed by atoms with van der Waals surface area (Å²) in [7, 11) is 0. The minimum Gasteiger partial charge on any atom is -0.396 e. The van der Waals surface area contributed by atoms with E-state index in [0.29, 0.717) is 6.42 Å². The molecule has 1 saturated heterocycles. The molecule has 22 heavy (non-hydrogen) atoms. The summed E-state index contributed by atoms with van der Waals surface area (Å²) in [6.07, 6.45) is 2.70. The third-order valence-corrected chi connectivity index (χ3v) is 4.03. The molecule has 0 spiro atoms. The molecule has 3 N–H and O–H groups in total. The summed E-state index contributed by atoms with van der Waals surface area (Å²) >= 11 is 0. The van der Waals surface area contributed by atoms with Crippen LogP contribution in [0.1, 0.15) is 31.7 Å². The lowest BCUT2D eigenvalue weighted by Gasteiger charge is -2.33. The Balaban J connectivity index is 1.77. The monoisotopic (exact) mass is 305 g/mol. The second-order valence-corrected chi connectivity index (χ2v) is 6.09. The second kappa shape index (κ2) is 8.76. The van der Waals surface area contributed by atoms with Crippen LogP contribution in [0.25, 0.3) is 0 Å². The first-order valence-corrected chi connectivity index (χ1v) is 8.11. The van der Waals surface area contributed by atoms with Gasteiger partial charge in [-0.1, -0.05) is 30.3 Å². The lowest BCUT2D eigenvalue weighted by Crippen LogP contribution is -2.51. The van der Waals surface area contributed by atoms with Crippen molar-refractivity contribution in [1.29, 1.82) is 0 Å². The third kappa shape index (κ3) is 5.66. The highest BCUT2D eigenvalue weighted by molar-refractivity contribution is 5.74. The molecule has 5 nitrogen and oxygen atoms in total. The molecule has 0 bridgehead atoms. The van der Waals surface area contributed by atoms with Crippen LogP contribution in [0.4, 0.5) is 4.79 Å². The fourth-order valence-electron chi connectivity index (χ4n) is 2.88. The first-order chi connectivity index (χ1) is 10.7. The van der Waals surface area contributed by atoms with E-state index in [1.54, 1.807) is 0 Å². The zero-order valence-corrected chi connectivity index (χ0v) is 13.3. The fourth-order valence-corrected chi connectivity index (χ4v) is 2.88. The number of hydrogen-bond acceptors (Lipinski definition) is 3. The van der Waals surface area contributed by atoms with E-state index in [4.69, 9.17) is 5.11 Å². The Bertz CT molecular complexity index is 452. The Kier molecular flexibility index (Phi) is 6.68. The summed E-state index contributed by atoms with van der Waals surface area (Å²) in [5.41, 5.74) is 1.31. The minimum atomic E-state index is -0.132. The first-order valence-electron chi connectivity index (χ1n) is 8.11. The fraction of sp³-hybridized carbons (Fsp3) is 0.588. The van der Waals surface area contributed by atoms with Gasteiger partial charge in [-0.25, -0.2) is 4.79 Å². The molecule has 1 aromatic carbocycles. The number of aliphatic hydroxyl groups excluding tert-OH is 1. The average molecular weight is 305 g/mol. The van der Waals surface area contributed by atoms with Gasteiger partial charge in [0.1, 0.15) is 0 Å². The number of urea groups is 1. The predicted octanol–water partition coefficient (Wildman–Crippen LogP) is 1.72. The van der Waals surface area contributed by atoms with Gasteiger partial charge in [-0.3, -0.25) is 4.90 Å². The van der Waals surface area contributed by atoms with Gasteiger partial charge in [0.2, 0.25) is 0 Å². The summed E-state index contributed by atoms with van der Waals surface area (Å²) in [5, 5.41) is 14.8. The molecule has 2 rings (SSSR count). The summed E-state index contributed by atoms with van der Waals surface area (Å²) < 4.78 is 0. The standard InChI is InChI=1S/C17H27N3O2/c1-14(9-11-21)18-17(22)19-16-8-5-10-20(13-16)12-15-6-3-2-4-7-15/h2-4,6-7,14,16,21H,5,8-13H2,1H3,(H2,18,19,22)/t14-,16?/m1/s1. The van der Waals surface area contributed by atoms with Gasteiger partial charge < -0.3 is 15.7 Å². The van der Waals surface area contributed by atoms with Crippen LogP contribution in [-0.4, -0.2) is 47.8 Å². The molecule has 0 aromatic heterocycles. The lowest BCUT2D eigenvalue weighted by molar-refractivity contribution is 0.178. The van der Waals surface area contributed by atoms with Crippen molar-refractivity contribution in [3.05, 3.63) is 35.9 Å². The van der Waals surface area contributed by atoms with Crippen LogP contribution in [0.3, 0.4) is 0 Å². The van der Waals surface area contributed by atoms with E-state index >= 15 is 0 Å². The van der Waals surface area contributed by atoms with Crippen LogP contribution >= 0.6 is 0 Å². The van der Waals surface area contributed by atoms with E-state index in [2.05, 4.69) is 39.8 Å². The molecule has 0 radical (unpaired) electrons. The number of nitrogens with one attached hydrogen (secondary N) is 2. The molecule has 0 saturated carbocycles. The van der Waals surface area contributed by atoms with E-state index in [1.165, 1.54) is 5.56 Å². The molecule has 5 heteroatoms. The Hall–Kier alpha value is -1.59. The van der Waals surface area contributed by atoms with Gasteiger partial charge in [-0.05, 0) is 38.3 Å². The number of aliphatic hydroxyl groups is 1. The van der Waals surface area contributed by atoms with Crippen molar-refractivity contribution in [2.24, 2.45) is 0 Å². The van der Waals surface area contributed by atoms with Gasteiger partial charge in [0.15, 0.2) is 0 Å². The first kappa shape index (κ1) is 16.8. The number of nitrogens with zero attached hydrogens (tertiary/aromatic N) is 1. The van der Waals surface area contributed by atoms with Gasteiger partial charge in [-0.2, -0.15) is 0 Å². The Morgan fingerprint density at radius 2 is 2.18 bits per heavy atom. The second-order valence-electron chi connectivity index (χ2n) is 6.09. The highest BCUT2D eigenvalue weighted by atomic mass is 16.3. The maximum atomic E-state index is 11.9. The predicted molar refractivity (Wildman–Crippen MR) is 87.6 cm³/mol. The van der Waals surface area contributed by atoms with Crippen molar-refractivity contribution in [3.63, 3.8) is 0 Å². The Morgan fingerprint density at radius 1 is 1.41 bits per heavy atom. The van der Waals surface area contributed by atoms with Crippen LogP contribution in [0.5, 0.6) is 0 Å². The summed E-state index contributed by atoms with van der Waals surface area (Å²) in [5.74, 6) is 0. The van der Waals surface area contributed by atoms with E-state index in [9.17, 15) is 4.79 Å². The normalized spacial score (nSPS) is 20.4. The smallest absolute Gasteiger partial charge is 0.315 e. The quantitative estimate of drug-likeness (QED) is 0.750. The summed E-state index contributed by atoms with van der Waals surface area (Å²) in [6.45, 7) is 4.89. The van der Waals surface area contributed by atoms with Crippen LogP contribution in [0, 0.1) is 0 Å². The molecular formula is C17H27N3O2. The summed E-state index contributed by atoms with van der Waals surface area (Å²) in [4.78, 5) is 14.3. The van der Waals surface area contributed by atoms with Crippen molar-refractivity contribution in [3.8, 4) is 0 Å². The number of carbonyl (C=O) groups excluding carboxylic acids is 1. The molecule has 2 amide bonds. The van der Waals surface area contributed by atoms with Gasteiger partial charge in [0.05, 0.1) is 0 Å². The number of benzene rings is 1. The maximum absolute atomic E-state index is 11.9. The zero-order chi connectivity index (χ0) is 15.8. The molecule has 0 aliphatic carbocycles. The van der Waals surface area contributed by atoms with Crippen molar-refractivity contribution >= 4 is 6.03 Å².